The number of aromatic nitrogens is 3. The number of carbonyl (C=O) groups excluding carboxylic acids is 1. The predicted octanol–water partition coefficient (Wildman–Crippen LogP) is 1.44. The van der Waals surface area contributed by atoms with E-state index in [0.29, 0.717) is 42.2 Å². The molecule has 0 unspecified atom stereocenters. The van der Waals surface area contributed by atoms with Crippen LogP contribution >= 0.6 is 0 Å². The van der Waals surface area contributed by atoms with E-state index in [4.69, 9.17) is 14.5 Å². The Morgan fingerprint density at radius 3 is 2.88 bits per heavy atom. The first-order chi connectivity index (χ1) is 16.6. The van der Waals surface area contributed by atoms with E-state index in [2.05, 4.69) is 20.2 Å². The number of methoxy groups -OCH3 is 1. The Morgan fingerprint density at radius 2 is 2.12 bits per heavy atom. The molecule has 0 bridgehead atoms. The van der Waals surface area contributed by atoms with Gasteiger partial charge in [-0.2, -0.15) is 4.99 Å². The van der Waals surface area contributed by atoms with Crippen LogP contribution in [0.1, 0.15) is 23.2 Å². The van der Waals surface area contributed by atoms with Crippen LogP contribution in [0.2, 0.25) is 0 Å². The molecule has 1 atom stereocenters. The molecule has 0 radical (unpaired) electrons. The lowest BCUT2D eigenvalue weighted by Gasteiger charge is -2.20. The van der Waals surface area contributed by atoms with E-state index in [0.717, 1.165) is 24.3 Å². The fraction of sp³-hybridized carbons (Fsp3) is 0.417. The van der Waals surface area contributed by atoms with Crippen LogP contribution < -0.4 is 20.4 Å². The topological polar surface area (TPSA) is 114 Å². The van der Waals surface area contributed by atoms with Gasteiger partial charge in [0.15, 0.2) is 11.5 Å². The molecule has 0 aliphatic carbocycles. The second-order valence-electron chi connectivity index (χ2n) is 8.46. The van der Waals surface area contributed by atoms with Crippen molar-refractivity contribution in [2.24, 2.45) is 4.99 Å². The van der Waals surface area contributed by atoms with Gasteiger partial charge in [-0.05, 0) is 50.2 Å². The summed E-state index contributed by atoms with van der Waals surface area (Å²) in [7, 11) is 1.55. The maximum atomic E-state index is 12.7. The van der Waals surface area contributed by atoms with Gasteiger partial charge >= 0.3 is 0 Å². The van der Waals surface area contributed by atoms with Crippen molar-refractivity contribution >= 4 is 22.6 Å². The lowest BCUT2D eigenvalue weighted by molar-refractivity contribution is 0.0748. The molecular formula is C24H28N6O4. The van der Waals surface area contributed by atoms with Crippen LogP contribution in [0.4, 0.5) is 5.82 Å². The number of β-amino-alcohol motifs (C(OH)–C–C–N with tert-alkyl or cyclic N) is 1. The van der Waals surface area contributed by atoms with E-state index in [1.165, 1.54) is 19.0 Å². The number of fused-ring (bicyclic) bond motifs is 3. The van der Waals surface area contributed by atoms with Crippen molar-refractivity contribution in [2.45, 2.75) is 25.5 Å². The first-order valence-corrected chi connectivity index (χ1v) is 11.5. The van der Waals surface area contributed by atoms with Crippen molar-refractivity contribution in [1.29, 1.82) is 0 Å². The number of ether oxygens (including phenoxy) is 2. The van der Waals surface area contributed by atoms with E-state index in [-0.39, 0.29) is 12.2 Å². The molecular weight excluding hydrogens is 436 g/mol. The molecule has 1 aromatic carbocycles. The molecule has 2 aliphatic rings. The van der Waals surface area contributed by atoms with Crippen LogP contribution in [0.5, 0.6) is 11.5 Å². The Labute approximate surface area is 196 Å². The number of carbonyl (C=O) groups is 1. The zero-order chi connectivity index (χ0) is 23.5. The summed E-state index contributed by atoms with van der Waals surface area (Å²) in [5.41, 5.74) is 1.21. The molecule has 4 heterocycles. The highest BCUT2D eigenvalue weighted by molar-refractivity contribution is 5.96. The van der Waals surface area contributed by atoms with Gasteiger partial charge in [0.05, 0.1) is 12.7 Å². The number of aliphatic hydroxyl groups excluding tert-OH is 1. The molecule has 2 aromatic heterocycles. The van der Waals surface area contributed by atoms with Gasteiger partial charge in [0, 0.05) is 37.4 Å². The summed E-state index contributed by atoms with van der Waals surface area (Å²) in [6, 6.07) is 7.09. The second kappa shape index (κ2) is 9.78. The van der Waals surface area contributed by atoms with Gasteiger partial charge in [-0.15, -0.1) is 0 Å². The Balaban J connectivity index is 1.49. The monoisotopic (exact) mass is 464 g/mol. The minimum Gasteiger partial charge on any atom is -0.491 e. The van der Waals surface area contributed by atoms with Crippen LogP contribution in [0.25, 0.3) is 10.9 Å². The summed E-state index contributed by atoms with van der Waals surface area (Å²) >= 11 is 0. The predicted molar refractivity (Wildman–Crippen MR) is 126 cm³/mol. The molecule has 5 rings (SSSR count). The zero-order valence-corrected chi connectivity index (χ0v) is 19.1. The minimum absolute atomic E-state index is 0.146. The quantitative estimate of drug-likeness (QED) is 0.540. The van der Waals surface area contributed by atoms with E-state index in [1.54, 1.807) is 25.4 Å². The van der Waals surface area contributed by atoms with Gasteiger partial charge in [0.2, 0.25) is 5.62 Å². The van der Waals surface area contributed by atoms with Crippen molar-refractivity contribution in [3.8, 4) is 11.5 Å². The summed E-state index contributed by atoms with van der Waals surface area (Å²) < 4.78 is 13.5. The normalized spacial score (nSPS) is 16.9. The summed E-state index contributed by atoms with van der Waals surface area (Å²) in [5, 5.41) is 14.6. The minimum atomic E-state index is -0.605. The van der Waals surface area contributed by atoms with Crippen LogP contribution in [-0.4, -0.2) is 76.4 Å². The second-order valence-corrected chi connectivity index (χ2v) is 8.46. The van der Waals surface area contributed by atoms with E-state index in [1.807, 2.05) is 16.7 Å². The van der Waals surface area contributed by atoms with Crippen LogP contribution in [0, 0.1) is 0 Å². The number of amides is 1. The maximum absolute atomic E-state index is 12.7. The lowest BCUT2D eigenvalue weighted by atomic mass is 10.2. The first kappa shape index (κ1) is 22.3. The van der Waals surface area contributed by atoms with Crippen LogP contribution in [-0.2, 0) is 6.54 Å². The Bertz CT molecular complexity index is 1250. The highest BCUT2D eigenvalue weighted by Crippen LogP contribution is 2.37. The molecule has 0 saturated carbocycles. The Kier molecular flexibility index (Phi) is 6.41. The van der Waals surface area contributed by atoms with Gasteiger partial charge in [-0.1, -0.05) is 0 Å². The van der Waals surface area contributed by atoms with E-state index < -0.39 is 12.0 Å². The van der Waals surface area contributed by atoms with Crippen molar-refractivity contribution in [3.05, 3.63) is 47.8 Å². The molecule has 2 N–H and O–H groups in total. The van der Waals surface area contributed by atoms with Crippen LogP contribution in [0.3, 0.4) is 0 Å². The van der Waals surface area contributed by atoms with Gasteiger partial charge < -0.3 is 24.8 Å². The third-order valence-corrected chi connectivity index (χ3v) is 6.11. The number of rotatable bonds is 7. The largest absolute Gasteiger partial charge is 0.491 e. The molecule has 0 spiro atoms. The van der Waals surface area contributed by atoms with Crippen molar-refractivity contribution < 1.29 is 19.4 Å². The number of pyridine rings is 1. The van der Waals surface area contributed by atoms with Crippen molar-refractivity contribution in [1.82, 2.24) is 19.4 Å². The molecule has 10 nitrogen and oxygen atoms in total. The number of aliphatic hydroxyl groups is 1. The molecule has 10 heteroatoms. The maximum Gasteiger partial charge on any atom is 0.281 e. The lowest BCUT2D eigenvalue weighted by Crippen LogP contribution is -2.33. The van der Waals surface area contributed by atoms with Crippen molar-refractivity contribution in [2.75, 3.05) is 45.2 Å². The van der Waals surface area contributed by atoms with Gasteiger partial charge in [0.25, 0.3) is 5.91 Å². The number of nitrogens with zero attached hydrogens (tertiary/aromatic N) is 5. The molecule has 1 amide bonds. The molecule has 2 aliphatic heterocycles. The average molecular weight is 465 g/mol. The SMILES string of the molecule is COc1c(OC[C@H](O)CN2CCCC2)ccc2c3n(c(=NC(=O)c4cccnc4)nc12)CCN3. The van der Waals surface area contributed by atoms with Gasteiger partial charge in [0.1, 0.15) is 24.0 Å². The number of likely N-dealkylation sites (tertiary alicyclic amines) is 1. The Morgan fingerprint density at radius 1 is 1.26 bits per heavy atom. The number of benzene rings is 1. The Hall–Kier alpha value is -3.50. The van der Waals surface area contributed by atoms with E-state index >= 15 is 0 Å². The third kappa shape index (κ3) is 4.46. The summed E-state index contributed by atoms with van der Waals surface area (Å²) in [6.45, 7) is 4.10. The third-order valence-electron chi connectivity index (χ3n) is 6.11. The zero-order valence-electron chi connectivity index (χ0n) is 19.1. The fourth-order valence-electron chi connectivity index (χ4n) is 4.49. The highest BCUT2D eigenvalue weighted by Gasteiger charge is 2.22. The number of hydrogen-bond acceptors (Lipinski definition) is 8. The molecule has 1 saturated heterocycles. The van der Waals surface area contributed by atoms with Gasteiger partial charge in [-0.25, -0.2) is 4.98 Å². The average Bonchev–Trinajstić information content (AvgIpc) is 3.55. The smallest absolute Gasteiger partial charge is 0.281 e. The fourth-order valence-corrected chi connectivity index (χ4v) is 4.49. The van der Waals surface area contributed by atoms with E-state index in [9.17, 15) is 9.90 Å². The van der Waals surface area contributed by atoms with Crippen LogP contribution in [0.15, 0.2) is 41.7 Å². The number of nitrogens with one attached hydrogen (secondary N) is 1. The van der Waals surface area contributed by atoms with Gasteiger partial charge in [-0.3, -0.25) is 14.3 Å². The summed E-state index contributed by atoms with van der Waals surface area (Å²) in [5.74, 6) is 1.32. The first-order valence-electron chi connectivity index (χ1n) is 11.5. The summed E-state index contributed by atoms with van der Waals surface area (Å²) in [4.78, 5) is 27.9. The number of anilines is 1. The van der Waals surface area contributed by atoms with Crippen molar-refractivity contribution in [3.63, 3.8) is 0 Å². The molecule has 34 heavy (non-hydrogen) atoms. The molecule has 1 fully saturated rings. The highest BCUT2D eigenvalue weighted by atomic mass is 16.5. The molecule has 178 valence electrons. The number of hydrogen-bond donors (Lipinski definition) is 2. The summed E-state index contributed by atoms with van der Waals surface area (Å²) in [6.07, 6.45) is 4.83. The molecule has 3 aromatic rings. The standard InChI is InChI=1S/C24H28N6O4/c1-33-21-19(34-15-17(31)14-29-10-2-3-11-29)7-6-18-20(21)27-24(30-12-9-26-22(18)30)28-23(32)16-5-4-8-25-13-16/h4-8,13,17,26,31H,2-3,9-12,14-15H2,1H3/t17-/m1/s1.